The van der Waals surface area contributed by atoms with Crippen LogP contribution in [0.3, 0.4) is 0 Å². The van der Waals surface area contributed by atoms with Crippen LogP contribution >= 0.6 is 0 Å². The van der Waals surface area contributed by atoms with Gasteiger partial charge in [0.2, 0.25) is 0 Å². The largest absolute Gasteiger partial charge is 0.379 e. The maximum Gasteiger partial charge on any atom is 0.109 e. The number of rotatable bonds is 4. The predicted molar refractivity (Wildman–Crippen MR) is 62.4 cm³/mol. The van der Waals surface area contributed by atoms with E-state index in [-0.39, 0.29) is 11.8 Å². The van der Waals surface area contributed by atoms with Gasteiger partial charge in [-0.1, -0.05) is 12.8 Å². The summed E-state index contributed by atoms with van der Waals surface area (Å²) in [7, 11) is 0. The summed E-state index contributed by atoms with van der Waals surface area (Å²) in [5, 5.41) is 31.7. The minimum atomic E-state index is -0.881. The molecule has 0 saturated heterocycles. The number of aliphatic hydroxyl groups excluding tert-OH is 2. The van der Waals surface area contributed by atoms with Gasteiger partial charge in [0.1, 0.15) is 18.0 Å². The normalized spacial score (nSPS) is 34.7. The van der Waals surface area contributed by atoms with Crippen molar-refractivity contribution >= 4 is 0 Å². The van der Waals surface area contributed by atoms with E-state index in [2.05, 4.69) is 11.4 Å². The molecule has 96 valence electrons. The van der Waals surface area contributed by atoms with E-state index in [1.54, 1.807) is 0 Å². The third-order valence-electron chi connectivity index (χ3n) is 4.11. The number of aliphatic hydroxyl groups is 2. The Hall–Kier alpha value is -0.670. The number of nitrogens with zero attached hydrogens (tertiary/aromatic N) is 1. The molecule has 4 atom stereocenters. The molecule has 5 N–H and O–H groups in total. The molecule has 0 aliphatic heterocycles. The zero-order valence-corrected chi connectivity index (χ0v) is 9.97. The van der Waals surface area contributed by atoms with Gasteiger partial charge in [0.15, 0.2) is 0 Å². The van der Waals surface area contributed by atoms with E-state index in [0.29, 0.717) is 0 Å². The second kappa shape index (κ2) is 4.91. The summed E-state index contributed by atoms with van der Waals surface area (Å²) in [4.78, 5) is 0. The van der Waals surface area contributed by atoms with Gasteiger partial charge >= 0.3 is 0 Å². The van der Waals surface area contributed by atoms with E-state index in [1.807, 2.05) is 0 Å². The lowest BCUT2D eigenvalue weighted by Gasteiger charge is -2.37. The number of nitrogens with two attached hydrogens (primary N) is 1. The molecule has 0 radical (unpaired) electrons. The predicted octanol–water partition coefficient (Wildman–Crippen LogP) is 0.0341. The molecular weight excluding hydrogens is 218 g/mol. The quantitative estimate of drug-likeness (QED) is 0.519. The van der Waals surface area contributed by atoms with Crippen molar-refractivity contribution in [1.29, 1.82) is 5.26 Å². The molecule has 2 aliphatic rings. The van der Waals surface area contributed by atoms with Gasteiger partial charge in [0.25, 0.3) is 0 Å². The van der Waals surface area contributed by atoms with Crippen LogP contribution in [0, 0.1) is 23.2 Å². The van der Waals surface area contributed by atoms with E-state index >= 15 is 0 Å². The van der Waals surface area contributed by atoms with Crippen LogP contribution < -0.4 is 11.1 Å². The van der Waals surface area contributed by atoms with Crippen molar-refractivity contribution in [3.63, 3.8) is 0 Å². The average Bonchev–Trinajstić information content (AvgIpc) is 3.09. The Balaban J connectivity index is 1.96. The monoisotopic (exact) mass is 239 g/mol. The van der Waals surface area contributed by atoms with Crippen LogP contribution in [0.15, 0.2) is 0 Å². The van der Waals surface area contributed by atoms with Crippen LogP contribution in [0.4, 0.5) is 0 Å². The first kappa shape index (κ1) is 12.8. The highest BCUT2D eigenvalue weighted by atomic mass is 16.3. The smallest absolute Gasteiger partial charge is 0.109 e. The van der Waals surface area contributed by atoms with E-state index in [9.17, 15) is 10.2 Å². The van der Waals surface area contributed by atoms with Gasteiger partial charge in [-0.25, -0.2) is 0 Å². The molecule has 0 spiro atoms. The second-order valence-electron chi connectivity index (χ2n) is 5.39. The maximum absolute atomic E-state index is 10.2. The Morgan fingerprint density at radius 2 is 1.82 bits per heavy atom. The SMILES string of the molecule is N#CC1(NC(O)C2CCCC[C@H]2C(N)O)CC1. The molecule has 3 unspecified atom stereocenters. The highest BCUT2D eigenvalue weighted by Gasteiger charge is 2.46. The van der Waals surface area contributed by atoms with Crippen molar-refractivity contribution < 1.29 is 10.2 Å². The summed E-state index contributed by atoms with van der Waals surface area (Å²) in [6.45, 7) is 0. The van der Waals surface area contributed by atoms with Crippen LogP contribution in [0.5, 0.6) is 0 Å². The third kappa shape index (κ3) is 2.78. The van der Waals surface area contributed by atoms with Crippen LogP contribution in [0.2, 0.25) is 0 Å². The molecule has 0 aromatic carbocycles. The number of nitriles is 1. The van der Waals surface area contributed by atoms with E-state index < -0.39 is 18.0 Å². The van der Waals surface area contributed by atoms with Gasteiger partial charge in [0, 0.05) is 11.8 Å². The number of hydrogen-bond acceptors (Lipinski definition) is 5. The van der Waals surface area contributed by atoms with E-state index in [1.165, 1.54) is 0 Å². The fourth-order valence-electron chi connectivity index (χ4n) is 2.81. The van der Waals surface area contributed by atoms with Gasteiger partial charge in [-0.2, -0.15) is 5.26 Å². The molecule has 17 heavy (non-hydrogen) atoms. The van der Waals surface area contributed by atoms with Crippen molar-refractivity contribution in [2.45, 2.75) is 56.5 Å². The first-order valence-corrected chi connectivity index (χ1v) is 6.39. The summed E-state index contributed by atoms with van der Waals surface area (Å²) < 4.78 is 0. The van der Waals surface area contributed by atoms with Crippen molar-refractivity contribution in [3.05, 3.63) is 0 Å². The van der Waals surface area contributed by atoms with Crippen molar-refractivity contribution in [3.8, 4) is 6.07 Å². The van der Waals surface area contributed by atoms with Crippen molar-refractivity contribution in [1.82, 2.24) is 5.32 Å². The van der Waals surface area contributed by atoms with Crippen molar-refractivity contribution in [2.75, 3.05) is 0 Å². The van der Waals surface area contributed by atoms with E-state index in [4.69, 9.17) is 11.0 Å². The van der Waals surface area contributed by atoms with Gasteiger partial charge in [0.05, 0.1) is 6.07 Å². The Morgan fingerprint density at radius 1 is 1.24 bits per heavy atom. The number of nitrogens with one attached hydrogen (secondary N) is 1. The minimum Gasteiger partial charge on any atom is -0.379 e. The van der Waals surface area contributed by atoms with Gasteiger partial charge < -0.3 is 15.9 Å². The summed E-state index contributed by atoms with van der Waals surface area (Å²) in [6.07, 6.45) is 3.77. The topological polar surface area (TPSA) is 102 Å². The molecule has 5 heteroatoms. The molecule has 0 aromatic rings. The van der Waals surface area contributed by atoms with Gasteiger partial charge in [-0.3, -0.25) is 5.32 Å². The fourth-order valence-corrected chi connectivity index (χ4v) is 2.81. The van der Waals surface area contributed by atoms with Crippen LogP contribution in [0.1, 0.15) is 38.5 Å². The molecule has 2 saturated carbocycles. The summed E-state index contributed by atoms with van der Waals surface area (Å²) in [5.74, 6) is -0.115. The standard InChI is InChI=1S/C12H21N3O2/c13-7-12(5-6-12)15-11(17)9-4-2-1-3-8(9)10(14)16/h8-11,15-17H,1-6,14H2/t8-,9?,10?,11?/m1/s1. The molecule has 2 rings (SSSR count). The molecule has 0 amide bonds. The second-order valence-corrected chi connectivity index (χ2v) is 5.39. The van der Waals surface area contributed by atoms with Crippen LogP contribution in [0.25, 0.3) is 0 Å². The lowest BCUT2D eigenvalue weighted by atomic mass is 9.77. The third-order valence-corrected chi connectivity index (χ3v) is 4.11. The zero-order valence-electron chi connectivity index (χ0n) is 9.97. The molecule has 0 heterocycles. The lowest BCUT2D eigenvalue weighted by molar-refractivity contribution is -0.0307. The Morgan fingerprint density at radius 3 is 2.29 bits per heavy atom. The molecule has 0 bridgehead atoms. The molecular formula is C12H21N3O2. The molecule has 0 aromatic heterocycles. The fraction of sp³-hybridized carbons (Fsp3) is 0.917. The van der Waals surface area contributed by atoms with Gasteiger partial charge in [-0.05, 0) is 25.7 Å². The van der Waals surface area contributed by atoms with Crippen LogP contribution in [-0.2, 0) is 0 Å². The first-order chi connectivity index (χ1) is 8.08. The highest BCUT2D eigenvalue weighted by molar-refractivity contribution is 5.18. The Labute approximate surface area is 102 Å². The van der Waals surface area contributed by atoms with E-state index in [0.717, 1.165) is 38.5 Å². The van der Waals surface area contributed by atoms with Gasteiger partial charge in [-0.15, -0.1) is 0 Å². The summed E-state index contributed by atoms with van der Waals surface area (Å²) in [5.41, 5.74) is 5.03. The molecule has 2 aliphatic carbocycles. The first-order valence-electron chi connectivity index (χ1n) is 6.39. The van der Waals surface area contributed by atoms with Crippen molar-refractivity contribution in [2.24, 2.45) is 17.6 Å². The summed E-state index contributed by atoms with van der Waals surface area (Å²) >= 11 is 0. The zero-order chi connectivity index (χ0) is 12.5. The molecule has 5 nitrogen and oxygen atoms in total. The Bertz CT molecular complexity index is 309. The highest BCUT2D eigenvalue weighted by Crippen LogP contribution is 2.38. The lowest BCUT2D eigenvalue weighted by Crippen LogP contribution is -2.50. The molecule has 2 fully saturated rings. The number of hydrogen-bond donors (Lipinski definition) is 4. The maximum atomic E-state index is 10.2. The van der Waals surface area contributed by atoms with Crippen LogP contribution in [-0.4, -0.2) is 28.2 Å². The summed E-state index contributed by atoms with van der Waals surface area (Å²) in [6, 6.07) is 2.20. The average molecular weight is 239 g/mol. The minimum absolute atomic E-state index is 0.0467. The Kier molecular flexibility index (Phi) is 3.69.